The van der Waals surface area contributed by atoms with Crippen LogP contribution in [0.3, 0.4) is 0 Å². The van der Waals surface area contributed by atoms with Crippen molar-refractivity contribution in [2.75, 3.05) is 13.2 Å². The maximum Gasteiger partial charge on any atom is 0.355 e. The third-order valence-electron chi connectivity index (χ3n) is 3.19. The van der Waals surface area contributed by atoms with Gasteiger partial charge in [-0.2, -0.15) is 0 Å². The highest BCUT2D eigenvalue weighted by Crippen LogP contribution is 2.11. The maximum atomic E-state index is 11.8. The molecule has 0 unspecified atom stereocenters. The number of benzene rings is 1. The molecule has 0 aliphatic heterocycles. The molecule has 0 saturated heterocycles. The molecule has 0 aliphatic rings. The summed E-state index contributed by atoms with van der Waals surface area (Å²) in [5.41, 5.74) is 2.76. The van der Waals surface area contributed by atoms with Crippen molar-refractivity contribution >= 4 is 5.97 Å². The highest BCUT2D eigenvalue weighted by atomic mass is 16.6. The van der Waals surface area contributed by atoms with Gasteiger partial charge < -0.3 is 14.0 Å². The molecule has 0 amide bonds. The van der Waals surface area contributed by atoms with Crippen LogP contribution in [0.15, 0.2) is 36.4 Å². The minimum absolute atomic E-state index is 0.233. The van der Waals surface area contributed by atoms with Crippen LogP contribution in [-0.4, -0.2) is 23.8 Å². The first-order valence-corrected chi connectivity index (χ1v) is 6.57. The Balaban J connectivity index is 1.77. The van der Waals surface area contributed by atoms with E-state index in [-0.39, 0.29) is 12.6 Å². The molecule has 20 heavy (non-hydrogen) atoms. The molecule has 0 saturated carbocycles. The summed E-state index contributed by atoms with van der Waals surface area (Å²) in [6.07, 6.45) is 0. The summed E-state index contributed by atoms with van der Waals surface area (Å²) in [7, 11) is 1.84. The van der Waals surface area contributed by atoms with E-state index in [2.05, 4.69) is 0 Å². The third-order valence-corrected chi connectivity index (χ3v) is 3.19. The topological polar surface area (TPSA) is 40.5 Å². The molecule has 0 N–H and O–H groups in total. The fourth-order valence-electron chi connectivity index (χ4n) is 1.82. The minimum Gasteiger partial charge on any atom is -0.490 e. The van der Waals surface area contributed by atoms with E-state index in [4.69, 9.17) is 9.47 Å². The second-order valence-electron chi connectivity index (χ2n) is 4.72. The van der Waals surface area contributed by atoms with Crippen LogP contribution in [0.5, 0.6) is 5.75 Å². The number of aromatic nitrogens is 1. The van der Waals surface area contributed by atoms with Crippen molar-refractivity contribution in [1.82, 2.24) is 4.57 Å². The highest BCUT2D eigenvalue weighted by molar-refractivity contribution is 5.87. The van der Waals surface area contributed by atoms with Gasteiger partial charge in [0.25, 0.3) is 0 Å². The quantitative estimate of drug-likeness (QED) is 0.621. The van der Waals surface area contributed by atoms with Gasteiger partial charge in [0.15, 0.2) is 0 Å². The van der Waals surface area contributed by atoms with E-state index in [0.29, 0.717) is 12.3 Å². The zero-order valence-electron chi connectivity index (χ0n) is 12.1. The average Bonchev–Trinajstić information content (AvgIpc) is 2.77. The molecule has 0 bridgehead atoms. The number of rotatable bonds is 5. The Morgan fingerprint density at radius 2 is 1.75 bits per heavy atom. The van der Waals surface area contributed by atoms with Crippen LogP contribution in [-0.2, 0) is 11.8 Å². The molecule has 0 radical (unpaired) electrons. The number of hydrogen-bond donors (Lipinski definition) is 0. The number of nitrogens with zero attached hydrogens (tertiary/aromatic N) is 1. The van der Waals surface area contributed by atoms with Crippen molar-refractivity contribution in [3.05, 3.63) is 53.3 Å². The second-order valence-corrected chi connectivity index (χ2v) is 4.72. The molecule has 1 aromatic heterocycles. The van der Waals surface area contributed by atoms with Crippen molar-refractivity contribution in [2.45, 2.75) is 13.8 Å². The summed E-state index contributed by atoms with van der Waals surface area (Å²) in [6, 6.07) is 11.4. The predicted molar refractivity (Wildman–Crippen MR) is 77.1 cm³/mol. The maximum absolute atomic E-state index is 11.8. The molecule has 1 aromatic carbocycles. The third kappa shape index (κ3) is 3.41. The van der Waals surface area contributed by atoms with Crippen molar-refractivity contribution in [1.29, 1.82) is 0 Å². The van der Waals surface area contributed by atoms with Crippen LogP contribution >= 0.6 is 0 Å². The van der Waals surface area contributed by atoms with Crippen molar-refractivity contribution in [3.8, 4) is 5.75 Å². The molecule has 0 spiro atoms. The van der Waals surface area contributed by atoms with E-state index in [1.165, 1.54) is 5.56 Å². The fraction of sp³-hybridized carbons (Fsp3) is 0.312. The first-order chi connectivity index (χ1) is 9.58. The molecule has 1 heterocycles. The van der Waals surface area contributed by atoms with Crippen molar-refractivity contribution < 1.29 is 14.3 Å². The minimum atomic E-state index is -0.326. The summed E-state index contributed by atoms with van der Waals surface area (Å²) < 4.78 is 12.5. The molecule has 106 valence electrons. The van der Waals surface area contributed by atoms with Crippen LogP contribution in [0.1, 0.15) is 21.7 Å². The first kappa shape index (κ1) is 14.2. The van der Waals surface area contributed by atoms with Gasteiger partial charge in [-0.05, 0) is 38.1 Å². The number of carbonyl (C=O) groups excluding carboxylic acids is 1. The smallest absolute Gasteiger partial charge is 0.355 e. The van der Waals surface area contributed by atoms with E-state index < -0.39 is 0 Å². The fourth-order valence-corrected chi connectivity index (χ4v) is 1.82. The van der Waals surface area contributed by atoms with Gasteiger partial charge in [0.1, 0.15) is 24.7 Å². The van der Waals surface area contributed by atoms with E-state index in [1.54, 1.807) is 6.07 Å². The Hall–Kier alpha value is -2.23. The lowest BCUT2D eigenvalue weighted by atomic mass is 10.2. The summed E-state index contributed by atoms with van der Waals surface area (Å²) in [6.45, 7) is 4.54. The van der Waals surface area contributed by atoms with Crippen molar-refractivity contribution in [3.63, 3.8) is 0 Å². The zero-order chi connectivity index (χ0) is 14.5. The van der Waals surface area contributed by atoms with E-state index in [1.807, 2.05) is 55.8 Å². The molecule has 0 fully saturated rings. The summed E-state index contributed by atoms with van der Waals surface area (Å²) in [4.78, 5) is 11.8. The van der Waals surface area contributed by atoms with E-state index in [0.717, 1.165) is 11.4 Å². The number of carbonyl (C=O) groups is 1. The standard InChI is InChI=1S/C16H19NO3/c1-12-4-7-14(8-5-12)19-10-11-20-16(18)15-9-6-13(2)17(15)3/h4-9H,10-11H2,1-3H3. The number of hydrogen-bond acceptors (Lipinski definition) is 3. The van der Waals surface area contributed by atoms with E-state index in [9.17, 15) is 4.79 Å². The highest BCUT2D eigenvalue weighted by Gasteiger charge is 2.11. The SMILES string of the molecule is Cc1ccc(OCCOC(=O)c2ccc(C)n2C)cc1. The zero-order valence-corrected chi connectivity index (χ0v) is 12.1. The Labute approximate surface area is 118 Å². The van der Waals surface area contributed by atoms with Crippen molar-refractivity contribution in [2.24, 2.45) is 7.05 Å². The molecule has 0 aliphatic carbocycles. The summed E-state index contributed by atoms with van der Waals surface area (Å²) >= 11 is 0. The van der Waals surface area contributed by atoms with Crippen LogP contribution in [0.4, 0.5) is 0 Å². The molecule has 0 atom stereocenters. The van der Waals surface area contributed by atoms with Gasteiger partial charge in [-0.1, -0.05) is 17.7 Å². The molecular formula is C16H19NO3. The molecule has 4 heteroatoms. The normalized spacial score (nSPS) is 10.3. The molecule has 2 aromatic rings. The lowest BCUT2D eigenvalue weighted by Gasteiger charge is -2.08. The van der Waals surface area contributed by atoms with Crippen LogP contribution < -0.4 is 4.74 Å². The lowest BCUT2D eigenvalue weighted by molar-refractivity contribution is 0.0439. The monoisotopic (exact) mass is 273 g/mol. The van der Waals surface area contributed by atoms with Gasteiger partial charge in [-0.15, -0.1) is 0 Å². The molecule has 2 rings (SSSR count). The summed E-state index contributed by atoms with van der Waals surface area (Å²) in [5, 5.41) is 0. The number of ether oxygens (including phenoxy) is 2. The van der Waals surface area contributed by atoms with Gasteiger partial charge >= 0.3 is 5.97 Å². The second kappa shape index (κ2) is 6.28. The Morgan fingerprint density at radius 3 is 2.35 bits per heavy atom. The van der Waals surface area contributed by atoms with Crippen LogP contribution in [0.2, 0.25) is 0 Å². The Morgan fingerprint density at radius 1 is 1.05 bits per heavy atom. The van der Waals surface area contributed by atoms with Gasteiger partial charge in [0, 0.05) is 12.7 Å². The Kier molecular flexibility index (Phi) is 4.45. The van der Waals surface area contributed by atoms with Crippen LogP contribution in [0.25, 0.3) is 0 Å². The number of aryl methyl sites for hydroxylation is 2. The lowest BCUT2D eigenvalue weighted by Crippen LogP contribution is -2.15. The van der Waals surface area contributed by atoms with E-state index >= 15 is 0 Å². The van der Waals surface area contributed by atoms with Gasteiger partial charge in [0.05, 0.1) is 0 Å². The Bertz CT molecular complexity index is 584. The number of esters is 1. The molecular weight excluding hydrogens is 254 g/mol. The van der Waals surface area contributed by atoms with Gasteiger partial charge in [0.2, 0.25) is 0 Å². The largest absolute Gasteiger partial charge is 0.490 e. The van der Waals surface area contributed by atoms with Gasteiger partial charge in [-0.3, -0.25) is 0 Å². The van der Waals surface area contributed by atoms with Gasteiger partial charge in [-0.25, -0.2) is 4.79 Å². The first-order valence-electron chi connectivity index (χ1n) is 6.57. The molecule has 4 nitrogen and oxygen atoms in total. The summed E-state index contributed by atoms with van der Waals surface area (Å²) in [5.74, 6) is 0.453. The predicted octanol–water partition coefficient (Wildman–Crippen LogP) is 2.88. The average molecular weight is 273 g/mol. The van der Waals surface area contributed by atoms with Crippen LogP contribution in [0, 0.1) is 13.8 Å².